The third kappa shape index (κ3) is 2.50. The maximum absolute atomic E-state index is 8.88. The molecule has 2 heteroatoms. The lowest BCUT2D eigenvalue weighted by molar-refractivity contribution is 0.560. The van der Waals surface area contributed by atoms with Crippen LogP contribution >= 0.6 is 0 Å². The lowest BCUT2D eigenvalue weighted by Gasteiger charge is -2.19. The Balaban J connectivity index is 2.82. The van der Waals surface area contributed by atoms with Crippen LogP contribution in [0.5, 0.6) is 0 Å². The van der Waals surface area contributed by atoms with Crippen molar-refractivity contribution in [3.8, 4) is 6.07 Å². The van der Waals surface area contributed by atoms with Crippen molar-refractivity contribution < 1.29 is 0 Å². The molecule has 0 spiro atoms. The van der Waals surface area contributed by atoms with Crippen molar-refractivity contribution in [2.24, 2.45) is 5.92 Å². The summed E-state index contributed by atoms with van der Waals surface area (Å²) in [6, 6.07) is 10.1. The summed E-state index contributed by atoms with van der Waals surface area (Å²) in [7, 11) is 0. The highest BCUT2D eigenvalue weighted by molar-refractivity contribution is 5.57. The second kappa shape index (κ2) is 4.66. The second-order valence-electron chi connectivity index (χ2n) is 3.83. The average Bonchev–Trinajstić information content (AvgIpc) is 2.18. The lowest BCUT2D eigenvalue weighted by Crippen LogP contribution is -2.21. The number of anilines is 1. The van der Waals surface area contributed by atoms with Gasteiger partial charge in [0, 0.05) is 6.04 Å². The number of nitriles is 1. The minimum Gasteiger partial charge on any atom is -0.381 e. The van der Waals surface area contributed by atoms with Gasteiger partial charge in [-0.25, -0.2) is 0 Å². The van der Waals surface area contributed by atoms with Gasteiger partial charge in [0.2, 0.25) is 0 Å². The van der Waals surface area contributed by atoms with E-state index < -0.39 is 0 Å². The maximum Gasteiger partial charge on any atom is 0.101 e. The van der Waals surface area contributed by atoms with Crippen LogP contribution in [0.15, 0.2) is 24.3 Å². The van der Waals surface area contributed by atoms with Crippen LogP contribution in [0.25, 0.3) is 0 Å². The first-order valence-electron chi connectivity index (χ1n) is 4.91. The molecule has 0 heterocycles. The first-order valence-corrected chi connectivity index (χ1v) is 4.91. The van der Waals surface area contributed by atoms with E-state index in [-0.39, 0.29) is 0 Å². The molecule has 1 aromatic carbocycles. The zero-order valence-corrected chi connectivity index (χ0v) is 8.91. The molecule has 1 atom stereocenters. The molecule has 0 aliphatic rings. The highest BCUT2D eigenvalue weighted by atomic mass is 14.9. The largest absolute Gasteiger partial charge is 0.381 e. The fourth-order valence-electron chi connectivity index (χ4n) is 1.12. The SMILES string of the molecule is CC(C)C(C)Nc1ccccc1C#N. The van der Waals surface area contributed by atoms with E-state index in [9.17, 15) is 0 Å². The molecule has 0 saturated carbocycles. The minimum absolute atomic E-state index is 0.379. The molecule has 0 aromatic heterocycles. The average molecular weight is 188 g/mol. The van der Waals surface area contributed by atoms with E-state index in [1.54, 1.807) is 0 Å². The van der Waals surface area contributed by atoms with Gasteiger partial charge in [-0.3, -0.25) is 0 Å². The molecule has 0 fully saturated rings. The van der Waals surface area contributed by atoms with E-state index >= 15 is 0 Å². The number of hydrogen-bond donors (Lipinski definition) is 1. The number of rotatable bonds is 3. The van der Waals surface area contributed by atoms with E-state index in [1.165, 1.54) is 0 Å². The van der Waals surface area contributed by atoms with Gasteiger partial charge in [0.15, 0.2) is 0 Å². The molecule has 0 amide bonds. The Kier molecular flexibility index (Phi) is 3.53. The molecule has 0 aliphatic carbocycles. The predicted octanol–water partition coefficient (Wildman–Crippen LogP) is 3.01. The van der Waals surface area contributed by atoms with Crippen molar-refractivity contribution in [3.63, 3.8) is 0 Å². The molecule has 0 saturated heterocycles. The molecule has 0 aliphatic heterocycles. The van der Waals surface area contributed by atoms with Gasteiger partial charge in [-0.1, -0.05) is 26.0 Å². The maximum atomic E-state index is 8.88. The van der Waals surface area contributed by atoms with Gasteiger partial charge in [0.1, 0.15) is 6.07 Å². The van der Waals surface area contributed by atoms with Crippen LogP contribution < -0.4 is 5.32 Å². The molecule has 0 radical (unpaired) electrons. The molecule has 2 nitrogen and oxygen atoms in total. The summed E-state index contributed by atoms with van der Waals surface area (Å²) in [6.07, 6.45) is 0. The summed E-state index contributed by atoms with van der Waals surface area (Å²) < 4.78 is 0. The van der Waals surface area contributed by atoms with Gasteiger partial charge in [0.25, 0.3) is 0 Å². The summed E-state index contributed by atoms with van der Waals surface area (Å²) in [6.45, 7) is 6.44. The van der Waals surface area contributed by atoms with Gasteiger partial charge in [-0.2, -0.15) is 5.26 Å². The molecule has 1 rings (SSSR count). The first-order chi connectivity index (χ1) is 6.65. The smallest absolute Gasteiger partial charge is 0.101 e. The van der Waals surface area contributed by atoms with Crippen molar-refractivity contribution in [1.82, 2.24) is 0 Å². The molecule has 14 heavy (non-hydrogen) atoms. The van der Waals surface area contributed by atoms with E-state index in [4.69, 9.17) is 5.26 Å². The fourth-order valence-corrected chi connectivity index (χ4v) is 1.12. The number of nitrogens with one attached hydrogen (secondary N) is 1. The Bertz CT molecular complexity index is 336. The zero-order valence-electron chi connectivity index (χ0n) is 8.91. The summed E-state index contributed by atoms with van der Waals surface area (Å²) in [5.74, 6) is 0.557. The monoisotopic (exact) mass is 188 g/mol. The molecule has 1 unspecified atom stereocenters. The summed E-state index contributed by atoms with van der Waals surface area (Å²) in [4.78, 5) is 0. The van der Waals surface area contributed by atoms with Gasteiger partial charge in [0.05, 0.1) is 11.3 Å². The van der Waals surface area contributed by atoms with Gasteiger partial charge >= 0.3 is 0 Å². The fraction of sp³-hybridized carbons (Fsp3) is 0.417. The third-order valence-corrected chi connectivity index (χ3v) is 2.43. The molecule has 0 bridgehead atoms. The Hall–Kier alpha value is -1.49. The second-order valence-corrected chi connectivity index (χ2v) is 3.83. The van der Waals surface area contributed by atoms with Crippen molar-refractivity contribution in [3.05, 3.63) is 29.8 Å². The third-order valence-electron chi connectivity index (χ3n) is 2.43. The van der Waals surface area contributed by atoms with E-state index in [0.29, 0.717) is 17.5 Å². The van der Waals surface area contributed by atoms with Crippen molar-refractivity contribution in [2.45, 2.75) is 26.8 Å². The van der Waals surface area contributed by atoms with Crippen LogP contribution in [0.3, 0.4) is 0 Å². The summed E-state index contributed by atoms with van der Waals surface area (Å²) >= 11 is 0. The lowest BCUT2D eigenvalue weighted by atomic mass is 10.1. The highest BCUT2D eigenvalue weighted by Crippen LogP contribution is 2.16. The summed E-state index contributed by atoms with van der Waals surface area (Å²) in [5.41, 5.74) is 1.64. The number of nitrogens with zero attached hydrogens (tertiary/aromatic N) is 1. The van der Waals surface area contributed by atoms with E-state index in [1.807, 2.05) is 24.3 Å². The van der Waals surface area contributed by atoms with Crippen LogP contribution in [0.1, 0.15) is 26.3 Å². The molecule has 1 aromatic rings. The Morgan fingerprint density at radius 3 is 2.43 bits per heavy atom. The zero-order chi connectivity index (χ0) is 10.6. The van der Waals surface area contributed by atoms with Crippen LogP contribution in [-0.2, 0) is 0 Å². The van der Waals surface area contributed by atoms with Crippen LogP contribution in [0.2, 0.25) is 0 Å². The van der Waals surface area contributed by atoms with Crippen LogP contribution in [-0.4, -0.2) is 6.04 Å². The number of para-hydroxylation sites is 1. The Morgan fingerprint density at radius 2 is 1.86 bits per heavy atom. The standard InChI is InChI=1S/C12H16N2/c1-9(2)10(3)14-12-7-5-4-6-11(12)8-13/h4-7,9-10,14H,1-3H3. The van der Waals surface area contributed by atoms with Crippen LogP contribution in [0, 0.1) is 17.2 Å². The summed E-state index contributed by atoms with van der Waals surface area (Å²) in [5, 5.41) is 12.2. The number of hydrogen-bond acceptors (Lipinski definition) is 2. The predicted molar refractivity (Wildman–Crippen MR) is 59.1 cm³/mol. The van der Waals surface area contributed by atoms with Crippen molar-refractivity contribution >= 4 is 5.69 Å². The Labute approximate surface area is 85.6 Å². The van der Waals surface area contributed by atoms with Gasteiger partial charge in [-0.05, 0) is 25.0 Å². The van der Waals surface area contributed by atoms with Gasteiger partial charge < -0.3 is 5.32 Å². The van der Waals surface area contributed by atoms with E-state index in [0.717, 1.165) is 5.69 Å². The van der Waals surface area contributed by atoms with Gasteiger partial charge in [-0.15, -0.1) is 0 Å². The normalized spacial score (nSPS) is 12.2. The molecular formula is C12H16N2. The van der Waals surface area contributed by atoms with Crippen molar-refractivity contribution in [1.29, 1.82) is 5.26 Å². The Morgan fingerprint density at radius 1 is 1.21 bits per heavy atom. The van der Waals surface area contributed by atoms with Crippen molar-refractivity contribution in [2.75, 3.05) is 5.32 Å². The molecule has 1 N–H and O–H groups in total. The van der Waals surface area contributed by atoms with Crippen LogP contribution in [0.4, 0.5) is 5.69 Å². The van der Waals surface area contributed by atoms with E-state index in [2.05, 4.69) is 32.2 Å². The molecule has 74 valence electrons. The first kappa shape index (κ1) is 10.6. The number of benzene rings is 1. The highest BCUT2D eigenvalue weighted by Gasteiger charge is 2.08. The minimum atomic E-state index is 0.379. The quantitative estimate of drug-likeness (QED) is 0.791. The molecular weight excluding hydrogens is 172 g/mol. The topological polar surface area (TPSA) is 35.8 Å².